The van der Waals surface area contributed by atoms with E-state index in [1.165, 1.54) is 23.8 Å². The van der Waals surface area contributed by atoms with Crippen LogP contribution in [0.3, 0.4) is 0 Å². The Balaban J connectivity index is 1.80. The lowest BCUT2D eigenvalue weighted by Crippen LogP contribution is -2.29. The molecule has 0 unspecified atom stereocenters. The largest absolute Gasteiger partial charge is 0.478 e. The van der Waals surface area contributed by atoms with E-state index >= 15 is 0 Å². The molecule has 2 amide bonds. The maximum Gasteiger partial charge on any atom is 0.335 e. The fourth-order valence-corrected chi connectivity index (χ4v) is 2.93. The van der Waals surface area contributed by atoms with Gasteiger partial charge in [0.2, 0.25) is 0 Å². The molecule has 0 spiro atoms. The number of hydrogen-bond acceptors (Lipinski definition) is 3. The molecular formula is C17H11NO4. The predicted octanol–water partition coefficient (Wildman–Crippen LogP) is 2.28. The van der Waals surface area contributed by atoms with Gasteiger partial charge in [0.15, 0.2) is 0 Å². The molecule has 2 aromatic carbocycles. The van der Waals surface area contributed by atoms with Crippen LogP contribution >= 0.6 is 0 Å². The monoisotopic (exact) mass is 293 g/mol. The average molecular weight is 293 g/mol. The number of imide groups is 1. The van der Waals surface area contributed by atoms with Gasteiger partial charge >= 0.3 is 5.97 Å². The minimum absolute atomic E-state index is 0.00102. The van der Waals surface area contributed by atoms with Crippen LogP contribution in [0.25, 0.3) is 0 Å². The molecule has 0 bridgehead atoms. The smallest absolute Gasteiger partial charge is 0.335 e. The Bertz CT molecular complexity index is 869. The van der Waals surface area contributed by atoms with Crippen LogP contribution in [0.4, 0.5) is 5.69 Å². The van der Waals surface area contributed by atoms with Crippen LogP contribution in [0.2, 0.25) is 0 Å². The number of rotatable bonds is 2. The van der Waals surface area contributed by atoms with E-state index in [2.05, 4.69) is 0 Å². The molecule has 108 valence electrons. The molecule has 1 N–H and O–H groups in total. The van der Waals surface area contributed by atoms with Crippen molar-refractivity contribution in [1.82, 2.24) is 0 Å². The third-order valence-corrected chi connectivity index (χ3v) is 4.25. The number of carboxylic acids is 1. The zero-order valence-electron chi connectivity index (χ0n) is 11.5. The molecule has 0 aromatic heterocycles. The Hall–Kier alpha value is -2.95. The molecule has 5 heteroatoms. The molecule has 0 atom stereocenters. The number of benzene rings is 2. The molecule has 0 saturated carbocycles. The molecule has 2 aliphatic rings. The lowest BCUT2D eigenvalue weighted by Gasteiger charge is -2.22. The van der Waals surface area contributed by atoms with Gasteiger partial charge in [0.1, 0.15) is 0 Å². The Morgan fingerprint density at radius 1 is 0.909 bits per heavy atom. The van der Waals surface area contributed by atoms with Gasteiger partial charge < -0.3 is 5.11 Å². The van der Waals surface area contributed by atoms with Gasteiger partial charge in [0.25, 0.3) is 11.8 Å². The summed E-state index contributed by atoms with van der Waals surface area (Å²) in [6.07, 6.45) is 1.98. The van der Waals surface area contributed by atoms with E-state index in [4.69, 9.17) is 5.11 Å². The van der Waals surface area contributed by atoms with Crippen molar-refractivity contribution in [3.05, 3.63) is 64.2 Å². The number of fused-ring (bicyclic) bond motifs is 2. The summed E-state index contributed by atoms with van der Waals surface area (Å²) in [6.45, 7) is 0. The van der Waals surface area contributed by atoms with Crippen molar-refractivity contribution >= 4 is 23.5 Å². The number of anilines is 1. The minimum Gasteiger partial charge on any atom is -0.478 e. The summed E-state index contributed by atoms with van der Waals surface area (Å²) in [6, 6.07) is 9.56. The lowest BCUT2D eigenvalue weighted by molar-refractivity contribution is 0.0696. The standard InChI is InChI=1S/C17H11NO4/c19-15-13-6-4-11(17(21)22)8-14(13)16(20)18(15)12-5-3-9-1-2-10(9)7-12/h3-8H,1-2H2,(H,21,22). The van der Waals surface area contributed by atoms with Crippen molar-refractivity contribution in [3.8, 4) is 0 Å². The molecule has 0 radical (unpaired) electrons. The van der Waals surface area contributed by atoms with Crippen molar-refractivity contribution in [2.24, 2.45) is 0 Å². The fraction of sp³-hybridized carbons (Fsp3) is 0.118. The molecular weight excluding hydrogens is 282 g/mol. The first-order chi connectivity index (χ1) is 10.6. The van der Waals surface area contributed by atoms with Crippen LogP contribution in [-0.2, 0) is 12.8 Å². The van der Waals surface area contributed by atoms with Crippen LogP contribution in [-0.4, -0.2) is 22.9 Å². The number of aromatic carboxylic acids is 1. The van der Waals surface area contributed by atoms with Gasteiger partial charge in [-0.05, 0) is 54.3 Å². The van der Waals surface area contributed by atoms with Gasteiger partial charge in [0, 0.05) is 0 Å². The van der Waals surface area contributed by atoms with Gasteiger partial charge in [-0.25, -0.2) is 9.69 Å². The maximum absolute atomic E-state index is 12.5. The van der Waals surface area contributed by atoms with Gasteiger partial charge in [-0.1, -0.05) is 6.07 Å². The van der Waals surface area contributed by atoms with E-state index in [-0.39, 0.29) is 16.7 Å². The third kappa shape index (κ3) is 1.62. The van der Waals surface area contributed by atoms with Crippen LogP contribution in [0.5, 0.6) is 0 Å². The number of carbonyl (C=O) groups is 3. The Kier molecular flexibility index (Phi) is 2.48. The van der Waals surface area contributed by atoms with Gasteiger partial charge in [-0.2, -0.15) is 0 Å². The number of aryl methyl sites for hydroxylation is 2. The van der Waals surface area contributed by atoms with Crippen LogP contribution < -0.4 is 4.90 Å². The summed E-state index contributed by atoms with van der Waals surface area (Å²) in [4.78, 5) is 37.1. The molecule has 4 rings (SSSR count). The summed E-state index contributed by atoms with van der Waals surface area (Å²) >= 11 is 0. The molecule has 1 heterocycles. The average Bonchev–Trinajstić information content (AvgIpc) is 2.72. The topological polar surface area (TPSA) is 74.7 Å². The fourth-order valence-electron chi connectivity index (χ4n) is 2.93. The van der Waals surface area contributed by atoms with Crippen LogP contribution in [0.15, 0.2) is 36.4 Å². The van der Waals surface area contributed by atoms with Crippen molar-refractivity contribution in [2.75, 3.05) is 4.90 Å². The number of hydrogen-bond donors (Lipinski definition) is 1. The van der Waals surface area contributed by atoms with E-state index in [1.54, 1.807) is 6.07 Å². The van der Waals surface area contributed by atoms with Crippen molar-refractivity contribution in [3.63, 3.8) is 0 Å². The van der Waals surface area contributed by atoms with Gasteiger partial charge in [0.05, 0.1) is 22.4 Å². The second kappa shape index (κ2) is 4.27. The minimum atomic E-state index is -1.12. The lowest BCUT2D eigenvalue weighted by atomic mass is 9.88. The highest BCUT2D eigenvalue weighted by Gasteiger charge is 2.37. The predicted molar refractivity (Wildman–Crippen MR) is 78.4 cm³/mol. The van der Waals surface area contributed by atoms with Crippen molar-refractivity contribution in [2.45, 2.75) is 12.8 Å². The van der Waals surface area contributed by atoms with Crippen LogP contribution in [0.1, 0.15) is 42.2 Å². The zero-order valence-corrected chi connectivity index (χ0v) is 11.5. The second-order valence-electron chi connectivity index (χ2n) is 5.46. The quantitative estimate of drug-likeness (QED) is 0.862. The number of carboxylic acid groups (broad SMARTS) is 1. The highest BCUT2D eigenvalue weighted by atomic mass is 16.4. The van der Waals surface area contributed by atoms with Crippen LogP contribution in [0, 0.1) is 0 Å². The third-order valence-electron chi connectivity index (χ3n) is 4.25. The molecule has 22 heavy (non-hydrogen) atoms. The number of nitrogens with zero attached hydrogens (tertiary/aromatic N) is 1. The van der Waals surface area contributed by atoms with E-state index in [0.717, 1.165) is 23.3 Å². The van der Waals surface area contributed by atoms with Gasteiger partial charge in [-0.15, -0.1) is 0 Å². The Morgan fingerprint density at radius 2 is 1.64 bits per heavy atom. The highest BCUT2D eigenvalue weighted by molar-refractivity contribution is 6.34. The molecule has 1 aliphatic heterocycles. The number of carbonyl (C=O) groups excluding carboxylic acids is 2. The van der Waals surface area contributed by atoms with E-state index in [9.17, 15) is 14.4 Å². The molecule has 0 fully saturated rings. The summed E-state index contributed by atoms with van der Waals surface area (Å²) in [5.41, 5.74) is 3.33. The SMILES string of the molecule is O=C(O)c1ccc2c(c1)C(=O)N(c1ccc3c(c1)CC3)C2=O. The first kappa shape index (κ1) is 12.8. The van der Waals surface area contributed by atoms with Crippen molar-refractivity contribution < 1.29 is 19.5 Å². The first-order valence-electron chi connectivity index (χ1n) is 6.94. The molecule has 5 nitrogen and oxygen atoms in total. The summed E-state index contributed by atoms with van der Waals surface area (Å²) in [5, 5.41) is 9.02. The van der Waals surface area contributed by atoms with E-state index < -0.39 is 17.8 Å². The molecule has 0 saturated heterocycles. The van der Waals surface area contributed by atoms with Crippen molar-refractivity contribution in [1.29, 1.82) is 0 Å². The number of amides is 2. The Morgan fingerprint density at radius 3 is 2.27 bits per heavy atom. The first-order valence-corrected chi connectivity index (χ1v) is 6.94. The summed E-state index contributed by atoms with van der Waals surface area (Å²) in [5.74, 6) is -2.00. The maximum atomic E-state index is 12.5. The Labute approximate surface area is 125 Å². The molecule has 1 aliphatic carbocycles. The van der Waals surface area contributed by atoms with E-state index in [0.29, 0.717) is 5.69 Å². The normalized spacial score (nSPS) is 15.4. The summed E-state index contributed by atoms with van der Waals surface area (Å²) < 4.78 is 0. The second-order valence-corrected chi connectivity index (χ2v) is 5.46. The molecule has 2 aromatic rings. The van der Waals surface area contributed by atoms with E-state index in [1.807, 2.05) is 12.1 Å². The highest BCUT2D eigenvalue weighted by Crippen LogP contribution is 2.33. The summed E-state index contributed by atoms with van der Waals surface area (Å²) in [7, 11) is 0. The zero-order chi connectivity index (χ0) is 15.4. The van der Waals surface area contributed by atoms with Gasteiger partial charge in [-0.3, -0.25) is 9.59 Å².